The molecule has 0 atom stereocenters. The minimum atomic E-state index is 0.124. The minimum Gasteiger partial charge on any atom is -0.384 e. The van der Waals surface area contributed by atoms with E-state index < -0.39 is 0 Å². The Morgan fingerprint density at radius 2 is 1.87 bits per heavy atom. The second-order valence-electron chi connectivity index (χ2n) is 3.66. The lowest BCUT2D eigenvalue weighted by atomic mass is 10.0. The van der Waals surface area contributed by atoms with E-state index in [-0.39, 0.29) is 5.84 Å². The first-order chi connectivity index (χ1) is 7.20. The summed E-state index contributed by atoms with van der Waals surface area (Å²) < 4.78 is 0. The molecule has 76 valence electrons. The smallest absolute Gasteiger partial charge is 0.122 e. The largest absolute Gasteiger partial charge is 0.384 e. The standard InChI is InChI=1S/C13H14N2/c1-2-9-3-4-10-5-6-11(13(14)15)8-12(10)7-9/h3-8H,2H2,1H3,(H3,14,15). The SMILES string of the molecule is CCc1ccc2ccc(C(=N)N)cc2c1. The Morgan fingerprint density at radius 1 is 1.13 bits per heavy atom. The van der Waals surface area contributed by atoms with Crippen LogP contribution in [0.5, 0.6) is 0 Å². The van der Waals surface area contributed by atoms with Crippen molar-refractivity contribution in [3.8, 4) is 0 Å². The number of nitrogens with two attached hydrogens (primary N) is 1. The summed E-state index contributed by atoms with van der Waals surface area (Å²) in [6.07, 6.45) is 1.03. The first kappa shape index (κ1) is 9.71. The number of rotatable bonds is 2. The fraction of sp³-hybridized carbons (Fsp3) is 0.154. The van der Waals surface area contributed by atoms with E-state index >= 15 is 0 Å². The molecule has 0 saturated carbocycles. The highest BCUT2D eigenvalue weighted by molar-refractivity contribution is 5.99. The molecular formula is C13H14N2. The van der Waals surface area contributed by atoms with Crippen LogP contribution in [0.4, 0.5) is 0 Å². The molecule has 0 unspecified atom stereocenters. The third kappa shape index (κ3) is 1.84. The Morgan fingerprint density at radius 3 is 2.53 bits per heavy atom. The molecule has 0 radical (unpaired) electrons. The fourth-order valence-corrected chi connectivity index (χ4v) is 1.68. The lowest BCUT2D eigenvalue weighted by Crippen LogP contribution is -2.10. The zero-order chi connectivity index (χ0) is 10.8. The van der Waals surface area contributed by atoms with Gasteiger partial charge in [-0.1, -0.05) is 37.3 Å². The first-order valence-corrected chi connectivity index (χ1v) is 5.08. The molecule has 15 heavy (non-hydrogen) atoms. The van der Waals surface area contributed by atoms with Gasteiger partial charge in [0.05, 0.1) is 0 Å². The number of hydrogen-bond donors (Lipinski definition) is 2. The Balaban J connectivity index is 2.62. The summed E-state index contributed by atoms with van der Waals surface area (Å²) >= 11 is 0. The number of fused-ring (bicyclic) bond motifs is 1. The van der Waals surface area contributed by atoms with Crippen molar-refractivity contribution < 1.29 is 0 Å². The van der Waals surface area contributed by atoms with Crippen LogP contribution in [0, 0.1) is 5.41 Å². The summed E-state index contributed by atoms with van der Waals surface area (Å²) in [5.41, 5.74) is 7.55. The quantitative estimate of drug-likeness (QED) is 0.565. The zero-order valence-corrected chi connectivity index (χ0v) is 8.75. The highest BCUT2D eigenvalue weighted by atomic mass is 14.7. The number of nitrogens with one attached hydrogen (secondary N) is 1. The average molecular weight is 198 g/mol. The number of hydrogen-bond acceptors (Lipinski definition) is 1. The van der Waals surface area contributed by atoms with Crippen molar-refractivity contribution in [3.63, 3.8) is 0 Å². The fourth-order valence-electron chi connectivity index (χ4n) is 1.68. The summed E-state index contributed by atoms with van der Waals surface area (Å²) in [5.74, 6) is 0.124. The molecule has 2 aromatic rings. The van der Waals surface area contributed by atoms with Gasteiger partial charge in [0, 0.05) is 5.56 Å². The van der Waals surface area contributed by atoms with E-state index in [9.17, 15) is 0 Å². The van der Waals surface area contributed by atoms with E-state index in [1.807, 2.05) is 18.2 Å². The van der Waals surface area contributed by atoms with Gasteiger partial charge in [-0.05, 0) is 28.8 Å². The molecule has 0 saturated heterocycles. The van der Waals surface area contributed by atoms with Crippen molar-refractivity contribution in [3.05, 3.63) is 47.5 Å². The van der Waals surface area contributed by atoms with Gasteiger partial charge in [0.25, 0.3) is 0 Å². The maximum atomic E-state index is 7.39. The van der Waals surface area contributed by atoms with Gasteiger partial charge in [-0.25, -0.2) is 0 Å². The van der Waals surface area contributed by atoms with E-state index in [1.165, 1.54) is 10.9 Å². The summed E-state index contributed by atoms with van der Waals surface area (Å²) in [7, 11) is 0. The highest BCUT2D eigenvalue weighted by Crippen LogP contribution is 2.18. The molecule has 2 aromatic carbocycles. The van der Waals surface area contributed by atoms with Crippen molar-refractivity contribution in [2.24, 2.45) is 5.73 Å². The van der Waals surface area contributed by atoms with Crippen molar-refractivity contribution in [2.45, 2.75) is 13.3 Å². The van der Waals surface area contributed by atoms with Gasteiger partial charge in [-0.3, -0.25) is 5.41 Å². The number of amidine groups is 1. The number of benzene rings is 2. The van der Waals surface area contributed by atoms with E-state index in [4.69, 9.17) is 11.1 Å². The molecule has 0 aliphatic heterocycles. The summed E-state index contributed by atoms with van der Waals surface area (Å²) in [5, 5.41) is 9.73. The third-order valence-electron chi connectivity index (χ3n) is 2.62. The minimum absolute atomic E-state index is 0.124. The molecule has 0 amide bonds. The summed E-state index contributed by atoms with van der Waals surface area (Å²) in [4.78, 5) is 0. The van der Waals surface area contributed by atoms with Gasteiger partial charge in [-0.2, -0.15) is 0 Å². The lowest BCUT2D eigenvalue weighted by Gasteiger charge is -2.03. The topological polar surface area (TPSA) is 49.9 Å². The van der Waals surface area contributed by atoms with Crippen LogP contribution in [-0.4, -0.2) is 5.84 Å². The molecule has 2 nitrogen and oxygen atoms in total. The van der Waals surface area contributed by atoms with Crippen molar-refractivity contribution >= 4 is 16.6 Å². The van der Waals surface area contributed by atoms with Gasteiger partial charge in [0.2, 0.25) is 0 Å². The van der Waals surface area contributed by atoms with Crippen molar-refractivity contribution in [1.82, 2.24) is 0 Å². The van der Waals surface area contributed by atoms with Crippen LogP contribution in [0.25, 0.3) is 10.8 Å². The van der Waals surface area contributed by atoms with Crippen LogP contribution >= 0.6 is 0 Å². The van der Waals surface area contributed by atoms with Crippen LogP contribution in [0.2, 0.25) is 0 Å². The molecule has 0 spiro atoms. The second kappa shape index (κ2) is 3.73. The van der Waals surface area contributed by atoms with Crippen LogP contribution < -0.4 is 5.73 Å². The zero-order valence-electron chi connectivity index (χ0n) is 8.75. The lowest BCUT2D eigenvalue weighted by molar-refractivity contribution is 1.15. The molecule has 2 heteroatoms. The van der Waals surface area contributed by atoms with Crippen molar-refractivity contribution in [1.29, 1.82) is 5.41 Å². The van der Waals surface area contributed by atoms with E-state index in [0.29, 0.717) is 0 Å². The van der Waals surface area contributed by atoms with E-state index in [0.717, 1.165) is 17.4 Å². The van der Waals surface area contributed by atoms with E-state index in [1.54, 1.807) is 0 Å². The number of nitrogen functional groups attached to an aromatic ring is 1. The van der Waals surface area contributed by atoms with E-state index in [2.05, 4.69) is 25.1 Å². The molecule has 0 bridgehead atoms. The first-order valence-electron chi connectivity index (χ1n) is 5.08. The Bertz CT molecular complexity index is 515. The molecular weight excluding hydrogens is 184 g/mol. The van der Waals surface area contributed by atoms with Crippen LogP contribution in [-0.2, 0) is 6.42 Å². The van der Waals surface area contributed by atoms with Gasteiger partial charge in [0.15, 0.2) is 0 Å². The van der Waals surface area contributed by atoms with Gasteiger partial charge in [-0.15, -0.1) is 0 Å². The number of aryl methyl sites for hydroxylation is 1. The Hall–Kier alpha value is -1.83. The second-order valence-corrected chi connectivity index (χ2v) is 3.66. The Kier molecular flexibility index (Phi) is 2.42. The predicted molar refractivity (Wildman–Crippen MR) is 64.3 cm³/mol. The molecule has 2 rings (SSSR count). The molecule has 0 heterocycles. The molecule has 0 aliphatic rings. The maximum Gasteiger partial charge on any atom is 0.122 e. The maximum absolute atomic E-state index is 7.39. The van der Waals surface area contributed by atoms with Gasteiger partial charge in [0.1, 0.15) is 5.84 Å². The van der Waals surface area contributed by atoms with Crippen LogP contribution in [0.1, 0.15) is 18.1 Å². The summed E-state index contributed by atoms with van der Waals surface area (Å²) in [6.45, 7) is 2.13. The van der Waals surface area contributed by atoms with Crippen LogP contribution in [0.3, 0.4) is 0 Å². The molecule has 3 N–H and O–H groups in total. The normalized spacial score (nSPS) is 10.5. The Labute approximate surface area is 89.2 Å². The highest BCUT2D eigenvalue weighted by Gasteiger charge is 1.99. The summed E-state index contributed by atoms with van der Waals surface area (Å²) in [6, 6.07) is 12.3. The average Bonchev–Trinajstić information content (AvgIpc) is 2.27. The molecule has 0 aliphatic carbocycles. The van der Waals surface area contributed by atoms with Crippen molar-refractivity contribution in [2.75, 3.05) is 0 Å². The molecule has 0 aromatic heterocycles. The predicted octanol–water partition coefficient (Wildman–Crippen LogP) is 2.69. The third-order valence-corrected chi connectivity index (χ3v) is 2.62. The van der Waals surface area contributed by atoms with Gasteiger partial charge >= 0.3 is 0 Å². The van der Waals surface area contributed by atoms with Crippen LogP contribution in [0.15, 0.2) is 36.4 Å². The van der Waals surface area contributed by atoms with Gasteiger partial charge < -0.3 is 5.73 Å². The monoisotopic (exact) mass is 198 g/mol. The molecule has 0 fully saturated rings.